The summed E-state index contributed by atoms with van der Waals surface area (Å²) in [6.45, 7) is 6.14. The normalized spacial score (nSPS) is 34.2. The van der Waals surface area contributed by atoms with Crippen LogP contribution in [0.2, 0.25) is 0 Å². The fourth-order valence-corrected chi connectivity index (χ4v) is 3.81. The minimum Gasteiger partial charge on any atom is -0.311 e. The zero-order chi connectivity index (χ0) is 13.0. The Hall–Kier alpha value is -0.340. The molecule has 1 unspecified atom stereocenters. The van der Waals surface area contributed by atoms with Crippen molar-refractivity contribution in [1.82, 2.24) is 10.2 Å². The van der Waals surface area contributed by atoms with Gasteiger partial charge < -0.3 is 10.2 Å². The van der Waals surface area contributed by atoms with Gasteiger partial charge in [-0.25, -0.2) is 0 Å². The number of fused-ring (bicyclic) bond motifs is 2. The summed E-state index contributed by atoms with van der Waals surface area (Å²) < 4.78 is 0. The molecule has 2 heterocycles. The molecule has 2 heteroatoms. The van der Waals surface area contributed by atoms with Crippen molar-refractivity contribution in [3.63, 3.8) is 0 Å². The molecule has 0 aromatic rings. The average molecular weight is 250 g/mol. The summed E-state index contributed by atoms with van der Waals surface area (Å²) in [5.41, 5.74) is 0. The zero-order valence-electron chi connectivity index (χ0n) is 12.2. The lowest BCUT2D eigenvalue weighted by Crippen LogP contribution is -2.55. The first-order valence-corrected chi connectivity index (χ1v) is 7.83. The summed E-state index contributed by atoms with van der Waals surface area (Å²) in [6.07, 6.45) is 12.7. The Labute approximate surface area is 113 Å². The van der Waals surface area contributed by atoms with Crippen LogP contribution in [-0.4, -0.2) is 36.1 Å². The highest BCUT2D eigenvalue weighted by molar-refractivity contribution is 4.94. The topological polar surface area (TPSA) is 15.3 Å². The number of nitrogens with one attached hydrogen (secondary N) is 1. The SMILES string of the molecule is C=CCC[C@@H](CC)NC1C[C@H]2CCC[C@@H](C1)N2C. The summed E-state index contributed by atoms with van der Waals surface area (Å²) in [6, 6.07) is 3.13. The fraction of sp³-hybridized carbons (Fsp3) is 0.875. The van der Waals surface area contributed by atoms with E-state index in [0.29, 0.717) is 6.04 Å². The molecule has 18 heavy (non-hydrogen) atoms. The van der Waals surface area contributed by atoms with Crippen molar-refractivity contribution in [2.24, 2.45) is 0 Å². The summed E-state index contributed by atoms with van der Waals surface area (Å²) >= 11 is 0. The van der Waals surface area contributed by atoms with E-state index < -0.39 is 0 Å². The second kappa shape index (κ2) is 6.72. The van der Waals surface area contributed by atoms with E-state index in [0.717, 1.165) is 24.5 Å². The van der Waals surface area contributed by atoms with Gasteiger partial charge in [0.1, 0.15) is 0 Å². The number of hydrogen-bond acceptors (Lipinski definition) is 2. The molecule has 2 aliphatic heterocycles. The number of piperidine rings is 2. The lowest BCUT2D eigenvalue weighted by Gasteiger charge is -2.48. The van der Waals surface area contributed by atoms with Gasteiger partial charge in [0.2, 0.25) is 0 Å². The van der Waals surface area contributed by atoms with Crippen LogP contribution >= 0.6 is 0 Å². The number of hydrogen-bond donors (Lipinski definition) is 1. The molecule has 2 saturated heterocycles. The van der Waals surface area contributed by atoms with E-state index in [2.05, 4.69) is 30.8 Å². The van der Waals surface area contributed by atoms with Gasteiger partial charge in [0.15, 0.2) is 0 Å². The van der Waals surface area contributed by atoms with Crippen LogP contribution in [0.25, 0.3) is 0 Å². The van der Waals surface area contributed by atoms with Crippen LogP contribution in [0.1, 0.15) is 58.3 Å². The van der Waals surface area contributed by atoms with Gasteiger partial charge >= 0.3 is 0 Å². The summed E-state index contributed by atoms with van der Waals surface area (Å²) in [4.78, 5) is 2.65. The highest BCUT2D eigenvalue weighted by Gasteiger charge is 2.36. The fourth-order valence-electron chi connectivity index (χ4n) is 3.81. The standard InChI is InChI=1S/C16H30N2/c1-4-6-8-13(5-2)17-14-11-15-9-7-10-16(12-14)18(15)3/h4,13-17H,1,5-12H2,2-3H3/t13-,14?,15-,16+/m1/s1. The van der Waals surface area contributed by atoms with E-state index in [-0.39, 0.29) is 0 Å². The van der Waals surface area contributed by atoms with Gasteiger partial charge in [0, 0.05) is 24.2 Å². The Morgan fingerprint density at radius 2 is 2.00 bits per heavy atom. The maximum atomic E-state index is 3.92. The second-order valence-electron chi connectivity index (χ2n) is 6.21. The molecule has 2 nitrogen and oxygen atoms in total. The Kier molecular flexibility index (Phi) is 5.25. The van der Waals surface area contributed by atoms with Gasteiger partial charge in [-0.1, -0.05) is 19.4 Å². The number of allylic oxidation sites excluding steroid dienone is 1. The molecule has 0 aromatic heterocycles. The molecule has 0 aliphatic carbocycles. The minimum atomic E-state index is 0.692. The van der Waals surface area contributed by atoms with E-state index in [1.807, 2.05) is 6.08 Å². The predicted molar refractivity (Wildman–Crippen MR) is 78.9 cm³/mol. The summed E-state index contributed by atoms with van der Waals surface area (Å²) in [7, 11) is 2.33. The van der Waals surface area contributed by atoms with E-state index in [4.69, 9.17) is 0 Å². The van der Waals surface area contributed by atoms with E-state index in [1.165, 1.54) is 44.9 Å². The molecule has 4 atom stereocenters. The molecule has 0 radical (unpaired) electrons. The third kappa shape index (κ3) is 3.36. The van der Waals surface area contributed by atoms with Gasteiger partial charge in [-0.3, -0.25) is 0 Å². The van der Waals surface area contributed by atoms with Crippen molar-refractivity contribution >= 4 is 0 Å². The molecular weight excluding hydrogens is 220 g/mol. The molecule has 1 N–H and O–H groups in total. The third-order valence-corrected chi connectivity index (χ3v) is 5.02. The molecule has 0 saturated carbocycles. The van der Waals surface area contributed by atoms with Crippen molar-refractivity contribution in [3.8, 4) is 0 Å². The first kappa shape index (κ1) is 14.1. The van der Waals surface area contributed by atoms with Crippen LogP contribution < -0.4 is 5.32 Å². The second-order valence-corrected chi connectivity index (χ2v) is 6.21. The molecule has 0 amide bonds. The average Bonchev–Trinajstić information content (AvgIpc) is 2.35. The molecule has 2 rings (SSSR count). The lowest BCUT2D eigenvalue weighted by atomic mass is 9.82. The van der Waals surface area contributed by atoms with E-state index >= 15 is 0 Å². The van der Waals surface area contributed by atoms with Crippen LogP contribution in [0.5, 0.6) is 0 Å². The first-order chi connectivity index (χ1) is 8.74. The van der Waals surface area contributed by atoms with Gasteiger partial charge in [-0.15, -0.1) is 6.58 Å². The van der Waals surface area contributed by atoms with Crippen molar-refractivity contribution in [1.29, 1.82) is 0 Å². The van der Waals surface area contributed by atoms with E-state index in [1.54, 1.807) is 0 Å². The number of rotatable bonds is 6. The van der Waals surface area contributed by atoms with Crippen LogP contribution in [0, 0.1) is 0 Å². The van der Waals surface area contributed by atoms with E-state index in [9.17, 15) is 0 Å². The third-order valence-electron chi connectivity index (χ3n) is 5.02. The molecule has 2 fully saturated rings. The highest BCUT2D eigenvalue weighted by atomic mass is 15.2. The van der Waals surface area contributed by atoms with Gasteiger partial charge in [-0.2, -0.15) is 0 Å². The minimum absolute atomic E-state index is 0.692. The number of nitrogens with zero attached hydrogens (tertiary/aromatic N) is 1. The lowest BCUT2D eigenvalue weighted by molar-refractivity contribution is 0.0454. The Bertz CT molecular complexity index is 250. The van der Waals surface area contributed by atoms with Gasteiger partial charge in [0.25, 0.3) is 0 Å². The highest BCUT2D eigenvalue weighted by Crippen LogP contribution is 2.32. The molecule has 104 valence electrons. The Morgan fingerprint density at radius 1 is 1.33 bits per heavy atom. The monoisotopic (exact) mass is 250 g/mol. The van der Waals surface area contributed by atoms with Crippen molar-refractivity contribution in [3.05, 3.63) is 12.7 Å². The van der Waals surface area contributed by atoms with Crippen molar-refractivity contribution in [2.45, 2.75) is 82.5 Å². The smallest absolute Gasteiger partial charge is 0.0110 e. The molecule has 0 spiro atoms. The van der Waals surface area contributed by atoms with Gasteiger partial charge in [0.05, 0.1) is 0 Å². The van der Waals surface area contributed by atoms with Crippen LogP contribution in [0.3, 0.4) is 0 Å². The molecular formula is C16H30N2. The summed E-state index contributed by atoms with van der Waals surface area (Å²) in [5.74, 6) is 0. The Morgan fingerprint density at radius 3 is 2.56 bits per heavy atom. The molecule has 0 aromatic carbocycles. The predicted octanol–water partition coefficient (Wildman–Crippen LogP) is 3.34. The van der Waals surface area contributed by atoms with Gasteiger partial charge in [-0.05, 0) is 52.0 Å². The maximum absolute atomic E-state index is 3.92. The van der Waals surface area contributed by atoms with Crippen LogP contribution in [0.4, 0.5) is 0 Å². The summed E-state index contributed by atoms with van der Waals surface area (Å²) in [5, 5.41) is 3.92. The molecule has 2 aliphatic rings. The Balaban J connectivity index is 1.84. The maximum Gasteiger partial charge on any atom is 0.0110 e. The quantitative estimate of drug-likeness (QED) is 0.727. The van der Waals surface area contributed by atoms with Crippen LogP contribution in [0.15, 0.2) is 12.7 Å². The van der Waals surface area contributed by atoms with Crippen molar-refractivity contribution in [2.75, 3.05) is 7.05 Å². The zero-order valence-corrected chi connectivity index (χ0v) is 12.2. The van der Waals surface area contributed by atoms with Crippen LogP contribution in [-0.2, 0) is 0 Å². The molecule has 2 bridgehead atoms. The van der Waals surface area contributed by atoms with Crippen molar-refractivity contribution < 1.29 is 0 Å². The first-order valence-electron chi connectivity index (χ1n) is 7.83. The largest absolute Gasteiger partial charge is 0.311 e.